The van der Waals surface area contributed by atoms with Crippen LogP contribution in [0.3, 0.4) is 0 Å². The summed E-state index contributed by atoms with van der Waals surface area (Å²) in [5.74, 6) is -0.718. The van der Waals surface area contributed by atoms with E-state index in [1.54, 1.807) is 13.8 Å². The molecule has 0 radical (unpaired) electrons. The summed E-state index contributed by atoms with van der Waals surface area (Å²) in [6.45, 7) is 7.23. The van der Waals surface area contributed by atoms with Gasteiger partial charge in [0.1, 0.15) is 5.41 Å². The molecule has 3 amide bonds. The van der Waals surface area contributed by atoms with Crippen molar-refractivity contribution in [3.05, 3.63) is 59.7 Å². The molecule has 0 heterocycles. The summed E-state index contributed by atoms with van der Waals surface area (Å²) in [5.41, 5.74) is 2.48. The topological polar surface area (TPSA) is 87.3 Å². The molecule has 0 aliphatic heterocycles. The zero-order chi connectivity index (χ0) is 21.4. The minimum atomic E-state index is -1.15. The van der Waals surface area contributed by atoms with Gasteiger partial charge in [0.05, 0.1) is 0 Å². The molecule has 0 aliphatic carbocycles. The Hall–Kier alpha value is -3.15. The van der Waals surface area contributed by atoms with E-state index >= 15 is 0 Å². The van der Waals surface area contributed by atoms with Crippen molar-refractivity contribution >= 4 is 29.1 Å². The maximum Gasteiger partial charge on any atom is 0.239 e. The van der Waals surface area contributed by atoms with Crippen LogP contribution >= 0.6 is 0 Å². The van der Waals surface area contributed by atoms with Gasteiger partial charge in [0.15, 0.2) is 0 Å². The fourth-order valence-corrected chi connectivity index (χ4v) is 2.70. The van der Waals surface area contributed by atoms with E-state index in [0.29, 0.717) is 12.2 Å². The number of anilines is 2. The van der Waals surface area contributed by atoms with Crippen molar-refractivity contribution in [1.82, 2.24) is 5.32 Å². The molecule has 29 heavy (non-hydrogen) atoms. The van der Waals surface area contributed by atoms with E-state index in [4.69, 9.17) is 0 Å². The van der Waals surface area contributed by atoms with Crippen LogP contribution in [0.1, 0.15) is 45.2 Å². The Kier molecular flexibility index (Phi) is 7.53. The van der Waals surface area contributed by atoms with Crippen LogP contribution in [0.25, 0.3) is 0 Å². The highest BCUT2D eigenvalue weighted by molar-refractivity contribution is 6.09. The average Bonchev–Trinajstić information content (AvgIpc) is 2.68. The predicted octanol–water partition coefficient (Wildman–Crippen LogP) is 3.73. The first kappa shape index (κ1) is 22.1. The Bertz CT molecular complexity index is 856. The number of nitrogens with one attached hydrogen (secondary N) is 3. The van der Waals surface area contributed by atoms with E-state index in [2.05, 4.69) is 16.0 Å². The SMILES string of the molecule is CCCNC(=O)C(C)(C)C(=O)Nc1ccc(Cc2ccc(NC(C)=O)cc2)cc1. The van der Waals surface area contributed by atoms with Crippen LogP contribution in [0, 0.1) is 5.41 Å². The van der Waals surface area contributed by atoms with Crippen molar-refractivity contribution in [2.75, 3.05) is 17.2 Å². The third-order valence-corrected chi connectivity index (χ3v) is 4.57. The first-order chi connectivity index (χ1) is 13.7. The molecular weight excluding hydrogens is 366 g/mol. The second kappa shape index (κ2) is 9.87. The van der Waals surface area contributed by atoms with Gasteiger partial charge in [-0.25, -0.2) is 0 Å². The number of benzene rings is 2. The molecule has 0 saturated heterocycles. The summed E-state index contributed by atoms with van der Waals surface area (Å²) in [6.07, 6.45) is 1.56. The molecule has 0 fully saturated rings. The lowest BCUT2D eigenvalue weighted by Gasteiger charge is -2.22. The number of hydrogen-bond acceptors (Lipinski definition) is 3. The predicted molar refractivity (Wildman–Crippen MR) is 116 cm³/mol. The molecule has 0 aromatic heterocycles. The lowest BCUT2D eigenvalue weighted by Crippen LogP contribution is -2.45. The van der Waals surface area contributed by atoms with Crippen molar-refractivity contribution in [2.45, 2.75) is 40.5 Å². The number of carbonyl (C=O) groups is 3. The van der Waals surface area contributed by atoms with Gasteiger partial charge < -0.3 is 16.0 Å². The lowest BCUT2D eigenvalue weighted by molar-refractivity contribution is -0.138. The van der Waals surface area contributed by atoms with E-state index in [1.807, 2.05) is 55.5 Å². The summed E-state index contributed by atoms with van der Waals surface area (Å²) in [7, 11) is 0. The molecule has 6 heteroatoms. The van der Waals surface area contributed by atoms with E-state index in [9.17, 15) is 14.4 Å². The minimum absolute atomic E-state index is 0.0959. The largest absolute Gasteiger partial charge is 0.355 e. The third kappa shape index (κ3) is 6.45. The van der Waals surface area contributed by atoms with Crippen LogP contribution in [-0.4, -0.2) is 24.3 Å². The van der Waals surface area contributed by atoms with Gasteiger partial charge >= 0.3 is 0 Å². The zero-order valence-corrected chi connectivity index (χ0v) is 17.5. The van der Waals surface area contributed by atoms with Crippen molar-refractivity contribution < 1.29 is 14.4 Å². The molecule has 2 aromatic rings. The molecule has 0 spiro atoms. The first-order valence-electron chi connectivity index (χ1n) is 9.77. The van der Waals surface area contributed by atoms with E-state index in [1.165, 1.54) is 6.92 Å². The molecule has 3 N–H and O–H groups in total. The quantitative estimate of drug-likeness (QED) is 0.595. The molecule has 0 bridgehead atoms. The summed E-state index contributed by atoms with van der Waals surface area (Å²) >= 11 is 0. The second-order valence-electron chi connectivity index (χ2n) is 7.59. The number of amides is 3. The highest BCUT2D eigenvalue weighted by Gasteiger charge is 2.35. The van der Waals surface area contributed by atoms with Crippen LogP contribution in [-0.2, 0) is 20.8 Å². The highest BCUT2D eigenvalue weighted by atomic mass is 16.2. The van der Waals surface area contributed by atoms with Crippen LogP contribution in [0.5, 0.6) is 0 Å². The number of rotatable bonds is 8. The molecular formula is C23H29N3O3. The normalized spacial score (nSPS) is 10.9. The molecule has 6 nitrogen and oxygen atoms in total. The monoisotopic (exact) mass is 395 g/mol. The minimum Gasteiger partial charge on any atom is -0.355 e. The van der Waals surface area contributed by atoms with Gasteiger partial charge in [0, 0.05) is 24.8 Å². The molecule has 2 aromatic carbocycles. The number of hydrogen-bond donors (Lipinski definition) is 3. The smallest absolute Gasteiger partial charge is 0.239 e. The van der Waals surface area contributed by atoms with Crippen LogP contribution < -0.4 is 16.0 Å². The van der Waals surface area contributed by atoms with Gasteiger partial charge in [-0.15, -0.1) is 0 Å². The molecule has 154 valence electrons. The van der Waals surface area contributed by atoms with Gasteiger partial charge in [-0.3, -0.25) is 14.4 Å². The zero-order valence-electron chi connectivity index (χ0n) is 17.5. The van der Waals surface area contributed by atoms with Crippen molar-refractivity contribution in [2.24, 2.45) is 5.41 Å². The maximum absolute atomic E-state index is 12.5. The molecule has 0 unspecified atom stereocenters. The summed E-state index contributed by atoms with van der Waals surface area (Å²) < 4.78 is 0. The average molecular weight is 396 g/mol. The molecule has 0 aliphatic rings. The Labute approximate surface area is 172 Å². The van der Waals surface area contributed by atoms with Gasteiger partial charge in [-0.2, -0.15) is 0 Å². The summed E-state index contributed by atoms with van der Waals surface area (Å²) in [5, 5.41) is 8.33. The maximum atomic E-state index is 12.5. The lowest BCUT2D eigenvalue weighted by atomic mass is 9.91. The molecule has 0 saturated carbocycles. The fourth-order valence-electron chi connectivity index (χ4n) is 2.70. The van der Waals surface area contributed by atoms with Gasteiger partial charge in [-0.1, -0.05) is 31.2 Å². The summed E-state index contributed by atoms with van der Waals surface area (Å²) in [4.78, 5) is 35.8. The Morgan fingerprint density at radius 3 is 1.72 bits per heavy atom. The fraction of sp³-hybridized carbons (Fsp3) is 0.348. The Morgan fingerprint density at radius 1 is 0.793 bits per heavy atom. The van der Waals surface area contributed by atoms with Crippen LogP contribution in [0.4, 0.5) is 11.4 Å². The molecule has 0 atom stereocenters. The third-order valence-electron chi connectivity index (χ3n) is 4.57. The van der Waals surface area contributed by atoms with E-state index in [0.717, 1.165) is 29.7 Å². The molecule has 2 rings (SSSR count). The Balaban J connectivity index is 1.96. The highest BCUT2D eigenvalue weighted by Crippen LogP contribution is 2.20. The van der Waals surface area contributed by atoms with Gasteiger partial charge in [0.25, 0.3) is 0 Å². The first-order valence-corrected chi connectivity index (χ1v) is 9.77. The standard InChI is InChI=1S/C23H29N3O3/c1-5-14-24-21(28)23(3,4)22(29)26-20-12-8-18(9-13-20)15-17-6-10-19(11-7-17)25-16(2)27/h6-13H,5,14-15H2,1-4H3,(H,24,28)(H,25,27)(H,26,29). The van der Waals surface area contributed by atoms with Crippen molar-refractivity contribution in [3.8, 4) is 0 Å². The summed E-state index contributed by atoms with van der Waals surface area (Å²) in [6, 6.07) is 15.2. The second-order valence-corrected chi connectivity index (χ2v) is 7.59. The van der Waals surface area contributed by atoms with E-state index < -0.39 is 5.41 Å². The van der Waals surface area contributed by atoms with Gasteiger partial charge in [0.2, 0.25) is 17.7 Å². The number of carbonyl (C=O) groups excluding carboxylic acids is 3. The van der Waals surface area contributed by atoms with Crippen LogP contribution in [0.2, 0.25) is 0 Å². The van der Waals surface area contributed by atoms with Crippen molar-refractivity contribution in [1.29, 1.82) is 0 Å². The Morgan fingerprint density at radius 2 is 1.28 bits per heavy atom. The van der Waals surface area contributed by atoms with Gasteiger partial charge in [-0.05, 0) is 62.1 Å². The van der Waals surface area contributed by atoms with E-state index in [-0.39, 0.29) is 17.7 Å². The van der Waals surface area contributed by atoms with Crippen molar-refractivity contribution in [3.63, 3.8) is 0 Å². The van der Waals surface area contributed by atoms with Crippen LogP contribution in [0.15, 0.2) is 48.5 Å².